The molecule has 9 rings (SSSR count). The Kier molecular flexibility index (Phi) is 4.29. The van der Waals surface area contributed by atoms with Crippen molar-refractivity contribution in [3.8, 4) is 10.4 Å². The van der Waals surface area contributed by atoms with Crippen LogP contribution < -0.4 is 25.5 Å². The number of benzene rings is 4. The highest BCUT2D eigenvalue weighted by molar-refractivity contribution is 7.31. The topological polar surface area (TPSA) is 6.48 Å². The second-order valence-corrected chi connectivity index (χ2v) is 14.8. The van der Waals surface area contributed by atoms with E-state index in [1.54, 1.807) is 0 Å². The van der Waals surface area contributed by atoms with E-state index >= 15 is 0 Å². The van der Waals surface area contributed by atoms with E-state index in [1.165, 1.54) is 71.3 Å². The van der Waals surface area contributed by atoms with Crippen LogP contribution >= 0.6 is 11.3 Å². The van der Waals surface area contributed by atoms with Crippen molar-refractivity contribution in [1.82, 2.24) is 0 Å². The van der Waals surface area contributed by atoms with Gasteiger partial charge in [-0.05, 0) is 65.7 Å². The van der Waals surface area contributed by atoms with Crippen LogP contribution in [0, 0.1) is 0 Å². The van der Waals surface area contributed by atoms with E-state index in [0.29, 0.717) is 0 Å². The van der Waals surface area contributed by atoms with Gasteiger partial charge >= 0.3 is 0 Å². The molecule has 0 amide bonds. The second-order valence-electron chi connectivity index (χ2n) is 13.8. The minimum absolute atomic E-state index is 0.00461. The van der Waals surface area contributed by atoms with Gasteiger partial charge in [-0.3, -0.25) is 0 Å². The highest BCUT2D eigenvalue weighted by atomic mass is 32.1. The van der Waals surface area contributed by atoms with Gasteiger partial charge in [-0.2, -0.15) is 0 Å². The minimum atomic E-state index is -0.0819. The molecule has 0 bridgehead atoms. The quantitative estimate of drug-likeness (QED) is 0.193. The molecule has 4 heterocycles. The number of para-hydroxylation sites is 2. The third-order valence-electron chi connectivity index (χ3n) is 11.1. The second kappa shape index (κ2) is 7.35. The summed E-state index contributed by atoms with van der Waals surface area (Å²) in [6.07, 6.45) is 0. The fourth-order valence-electron chi connectivity index (χ4n) is 8.45. The molecular formula is C37H33BN2S. The number of nitrogens with zero attached hydrogens (tertiary/aromatic N) is 2. The molecule has 0 radical (unpaired) electrons. The molecule has 4 aromatic carbocycles. The van der Waals surface area contributed by atoms with Gasteiger partial charge in [0.15, 0.2) is 0 Å². The van der Waals surface area contributed by atoms with Gasteiger partial charge < -0.3 is 9.80 Å². The van der Waals surface area contributed by atoms with E-state index in [-0.39, 0.29) is 23.1 Å². The Bertz CT molecular complexity index is 1950. The Labute approximate surface area is 247 Å². The first-order valence-corrected chi connectivity index (χ1v) is 15.7. The SMILES string of the molecule is CC1(C)c2ccccc2-c2sc3c(c21)N(c1ccccc1)c1ccc2c4c1B3c1ccccc1N4C(C)(C)C2(C)C. The standard InChI is InChI=1S/C37H33BN2S/c1-35(2)24-17-11-10-16-23(24)33-29(35)32-34(41-33)38-26-18-12-13-19-27(26)40-31-25(36(3,4)37(40,5)6)20-21-28(30(31)38)39(32)22-14-8-7-9-15-22/h7-21H,1-6H3. The summed E-state index contributed by atoms with van der Waals surface area (Å²) in [5, 5.41) is 0. The first-order chi connectivity index (χ1) is 19.7. The zero-order valence-electron chi connectivity index (χ0n) is 24.5. The van der Waals surface area contributed by atoms with Crippen molar-refractivity contribution >= 4 is 62.2 Å². The number of fused-ring (bicyclic) bond motifs is 9. The summed E-state index contributed by atoms with van der Waals surface area (Å²) < 4.78 is 1.48. The van der Waals surface area contributed by atoms with Crippen LogP contribution in [0.5, 0.6) is 0 Å². The summed E-state index contributed by atoms with van der Waals surface area (Å²) in [7, 11) is 0. The Morgan fingerprint density at radius 1 is 0.659 bits per heavy atom. The molecule has 0 unspecified atom stereocenters. The molecule has 2 nitrogen and oxygen atoms in total. The highest BCUT2D eigenvalue weighted by Gasteiger charge is 2.58. The summed E-state index contributed by atoms with van der Waals surface area (Å²) >= 11 is 2.04. The van der Waals surface area contributed by atoms with Crippen LogP contribution in [-0.2, 0) is 10.8 Å². The zero-order chi connectivity index (χ0) is 28.1. The molecule has 0 N–H and O–H groups in total. The zero-order valence-corrected chi connectivity index (χ0v) is 25.4. The van der Waals surface area contributed by atoms with Gasteiger partial charge in [-0.15, -0.1) is 11.3 Å². The average Bonchev–Trinajstić information content (AvgIpc) is 3.52. The average molecular weight is 549 g/mol. The van der Waals surface area contributed by atoms with Crippen molar-refractivity contribution < 1.29 is 0 Å². The maximum absolute atomic E-state index is 2.68. The molecule has 0 saturated heterocycles. The molecule has 0 spiro atoms. The lowest BCUT2D eigenvalue weighted by molar-refractivity contribution is 0.330. The molecule has 5 aromatic rings. The Hall–Kier alpha value is -3.76. The minimum Gasteiger partial charge on any atom is -0.336 e. The van der Waals surface area contributed by atoms with Gasteiger partial charge in [-0.1, -0.05) is 94.4 Å². The molecule has 0 fully saturated rings. The molecule has 4 aliphatic rings. The largest absolute Gasteiger partial charge is 0.336 e. The predicted octanol–water partition coefficient (Wildman–Crippen LogP) is 7.88. The summed E-state index contributed by atoms with van der Waals surface area (Å²) in [4.78, 5) is 6.73. The van der Waals surface area contributed by atoms with Crippen LogP contribution in [0.2, 0.25) is 0 Å². The number of hydrogen-bond acceptors (Lipinski definition) is 3. The summed E-state index contributed by atoms with van der Waals surface area (Å²) in [6.45, 7) is 14.8. The first-order valence-electron chi connectivity index (χ1n) is 14.8. The van der Waals surface area contributed by atoms with Crippen molar-refractivity contribution in [2.75, 3.05) is 9.80 Å². The fourth-order valence-corrected chi connectivity index (χ4v) is 10.1. The van der Waals surface area contributed by atoms with Gasteiger partial charge in [0.1, 0.15) is 0 Å². The monoisotopic (exact) mass is 548 g/mol. The molecule has 41 heavy (non-hydrogen) atoms. The van der Waals surface area contributed by atoms with Crippen LogP contribution in [0.15, 0.2) is 91.0 Å². The fraction of sp³-hybridized carbons (Fsp3) is 0.243. The van der Waals surface area contributed by atoms with Crippen LogP contribution in [0.3, 0.4) is 0 Å². The normalized spacial score (nSPS) is 18.9. The first kappa shape index (κ1) is 23.9. The van der Waals surface area contributed by atoms with Gasteiger partial charge in [0, 0.05) is 54.3 Å². The highest BCUT2D eigenvalue weighted by Crippen LogP contribution is 2.60. The van der Waals surface area contributed by atoms with E-state index in [9.17, 15) is 0 Å². The molecule has 4 heteroatoms. The van der Waals surface area contributed by atoms with Crippen molar-refractivity contribution in [1.29, 1.82) is 0 Å². The summed E-state index contributed by atoms with van der Waals surface area (Å²) in [6, 6.07) is 34.2. The maximum Gasteiger partial charge on any atom is 0.264 e. The lowest BCUT2D eigenvalue weighted by Gasteiger charge is -2.47. The van der Waals surface area contributed by atoms with Crippen LogP contribution in [-0.4, -0.2) is 12.3 Å². The van der Waals surface area contributed by atoms with Crippen molar-refractivity contribution in [3.05, 3.63) is 108 Å². The van der Waals surface area contributed by atoms with E-state index in [2.05, 4.69) is 142 Å². The van der Waals surface area contributed by atoms with E-state index in [0.717, 1.165) is 0 Å². The molecule has 1 aromatic heterocycles. The lowest BCUT2D eigenvalue weighted by atomic mass is 9.36. The van der Waals surface area contributed by atoms with Crippen molar-refractivity contribution in [2.45, 2.75) is 57.9 Å². The number of anilines is 5. The predicted molar refractivity (Wildman–Crippen MR) is 177 cm³/mol. The maximum atomic E-state index is 2.68. The lowest BCUT2D eigenvalue weighted by Crippen LogP contribution is -2.62. The van der Waals surface area contributed by atoms with Crippen LogP contribution in [0.4, 0.5) is 28.4 Å². The molecule has 1 aliphatic carbocycles. The molecular weight excluding hydrogens is 515 g/mol. The molecule has 0 saturated carbocycles. The van der Waals surface area contributed by atoms with Gasteiger partial charge in [0.2, 0.25) is 0 Å². The van der Waals surface area contributed by atoms with Gasteiger partial charge in [0.05, 0.1) is 5.69 Å². The van der Waals surface area contributed by atoms with E-state index in [1.807, 2.05) is 11.3 Å². The molecule has 3 aliphatic heterocycles. The Morgan fingerprint density at radius 3 is 2.17 bits per heavy atom. The number of hydrogen-bond donors (Lipinski definition) is 0. The van der Waals surface area contributed by atoms with Crippen LogP contribution in [0.1, 0.15) is 58.2 Å². The van der Waals surface area contributed by atoms with E-state index in [4.69, 9.17) is 0 Å². The number of thiophene rings is 1. The van der Waals surface area contributed by atoms with E-state index < -0.39 is 0 Å². The number of rotatable bonds is 1. The third kappa shape index (κ3) is 2.58. The van der Waals surface area contributed by atoms with Crippen LogP contribution in [0.25, 0.3) is 10.4 Å². The summed E-state index contributed by atoms with van der Waals surface area (Å²) in [5.41, 5.74) is 15.3. The van der Waals surface area contributed by atoms with Crippen molar-refractivity contribution in [3.63, 3.8) is 0 Å². The smallest absolute Gasteiger partial charge is 0.264 e. The molecule has 200 valence electrons. The Morgan fingerprint density at radius 2 is 1.37 bits per heavy atom. The third-order valence-corrected chi connectivity index (χ3v) is 12.4. The summed E-state index contributed by atoms with van der Waals surface area (Å²) in [5.74, 6) is 0. The van der Waals surface area contributed by atoms with Crippen molar-refractivity contribution in [2.24, 2.45) is 0 Å². The molecule has 0 atom stereocenters. The van der Waals surface area contributed by atoms with Gasteiger partial charge in [-0.25, -0.2) is 0 Å². The Balaban J connectivity index is 1.45. The van der Waals surface area contributed by atoms with Gasteiger partial charge in [0.25, 0.3) is 6.71 Å².